The molecule has 2 nitrogen and oxygen atoms in total. The second-order valence-corrected chi connectivity index (χ2v) is 18.1. The quantitative estimate of drug-likeness (QED) is 0.158. The summed E-state index contributed by atoms with van der Waals surface area (Å²) in [6.07, 6.45) is 7.57. The minimum Gasteiger partial charge on any atom is -0.297 e. The molecule has 284 valence electrons. The molecule has 0 fully saturated rings. The summed E-state index contributed by atoms with van der Waals surface area (Å²) in [5.41, 5.74) is 22.3. The van der Waals surface area contributed by atoms with Gasteiger partial charge in [-0.25, -0.2) is 4.99 Å². The van der Waals surface area contributed by atoms with E-state index in [1.807, 2.05) is 0 Å². The number of fused-ring (bicyclic) bond motifs is 17. The fourth-order valence-corrected chi connectivity index (χ4v) is 12.7. The molecule has 1 aliphatic heterocycles. The third-order valence-corrected chi connectivity index (χ3v) is 15.2. The second-order valence-electron chi connectivity index (χ2n) is 18.1. The molecule has 3 unspecified atom stereocenters. The minimum atomic E-state index is 0.233. The molecule has 0 radical (unpaired) electrons. The average molecular weight is 767 g/mol. The summed E-state index contributed by atoms with van der Waals surface area (Å²) in [5.74, 6) is 2.41. The molecule has 4 aliphatic carbocycles. The van der Waals surface area contributed by atoms with Gasteiger partial charge in [-0.1, -0.05) is 159 Å². The number of nitrogens with zero attached hydrogens (tertiary/aromatic N) is 2. The Bertz CT molecular complexity index is 3510. The Morgan fingerprint density at radius 1 is 0.600 bits per heavy atom. The van der Waals surface area contributed by atoms with Crippen molar-refractivity contribution in [3.05, 3.63) is 202 Å². The smallest absolute Gasteiger partial charge is 0.115 e. The summed E-state index contributed by atoms with van der Waals surface area (Å²) in [6.45, 7) is 4.88. The van der Waals surface area contributed by atoms with E-state index in [1.54, 1.807) is 0 Å². The lowest BCUT2D eigenvalue weighted by molar-refractivity contribution is 0.592. The van der Waals surface area contributed by atoms with Crippen LogP contribution in [0.4, 0.5) is 0 Å². The van der Waals surface area contributed by atoms with Crippen LogP contribution in [0.3, 0.4) is 0 Å². The van der Waals surface area contributed by atoms with Crippen molar-refractivity contribution in [2.45, 2.75) is 50.9 Å². The minimum absolute atomic E-state index is 0.233. The molecule has 0 saturated carbocycles. The van der Waals surface area contributed by atoms with Crippen LogP contribution in [-0.2, 0) is 6.42 Å². The van der Waals surface area contributed by atoms with Crippen LogP contribution in [0.2, 0.25) is 0 Å². The van der Waals surface area contributed by atoms with Crippen molar-refractivity contribution in [2.24, 2.45) is 10.9 Å². The monoisotopic (exact) mass is 766 g/mol. The van der Waals surface area contributed by atoms with Crippen LogP contribution in [0.1, 0.15) is 77.8 Å². The lowest BCUT2D eigenvalue weighted by atomic mass is 9.71. The molecular weight excluding hydrogens is 725 g/mol. The molecule has 9 aromatic rings. The molecule has 60 heavy (non-hydrogen) atoms. The summed E-state index contributed by atoms with van der Waals surface area (Å²) >= 11 is 0. The van der Waals surface area contributed by atoms with Crippen molar-refractivity contribution in [1.29, 1.82) is 0 Å². The molecule has 0 N–H and O–H groups in total. The number of aromatic nitrogens is 1. The van der Waals surface area contributed by atoms with E-state index in [-0.39, 0.29) is 11.8 Å². The predicted molar refractivity (Wildman–Crippen MR) is 250 cm³/mol. The Balaban J connectivity index is 1.08. The molecule has 0 amide bonds. The Hall–Kier alpha value is -6.77. The van der Waals surface area contributed by atoms with E-state index in [0.29, 0.717) is 11.8 Å². The Morgan fingerprint density at radius 3 is 2.27 bits per heavy atom. The van der Waals surface area contributed by atoms with E-state index in [0.717, 1.165) is 30.8 Å². The first-order valence-corrected chi connectivity index (χ1v) is 21.9. The first-order chi connectivity index (χ1) is 29.6. The zero-order valence-corrected chi connectivity index (χ0v) is 33.8. The largest absolute Gasteiger partial charge is 0.297 e. The summed E-state index contributed by atoms with van der Waals surface area (Å²) in [6, 6.07) is 55.7. The highest BCUT2D eigenvalue weighted by Crippen LogP contribution is 2.62. The van der Waals surface area contributed by atoms with Gasteiger partial charge in [-0.3, -0.25) is 4.57 Å². The standard InChI is InChI=1S/C58H42N2/c1-32-13-11-24-48-51(32)47(36-25-27-40-37(30-36)29-35-15-4-5-17-39(35)40)31-50(59-48)60-49-28-26-34-14-3-6-18-41(34)54(49)57-56-46-23-12-22-43-42-19-8-7-16-38(42)33(2)52(53(43)46)55(56)44-20-9-10-21-45(44)58(57)60/h3-12,14-28,30,32-33,47,52H,13,29,31H2,1-2H3/t32?,33?,47?,52-/m0/s1. The summed E-state index contributed by atoms with van der Waals surface area (Å²) in [7, 11) is 0. The fraction of sp³-hybridized carbons (Fsp3) is 0.155. The molecule has 0 spiro atoms. The number of aliphatic imine (C=N–C) groups is 1. The normalized spacial score (nSPS) is 20.6. The van der Waals surface area contributed by atoms with E-state index in [2.05, 4.69) is 176 Å². The van der Waals surface area contributed by atoms with Crippen LogP contribution in [0.15, 0.2) is 174 Å². The van der Waals surface area contributed by atoms with Gasteiger partial charge in [-0.15, -0.1) is 0 Å². The van der Waals surface area contributed by atoms with Gasteiger partial charge in [0.2, 0.25) is 0 Å². The molecule has 8 aromatic carbocycles. The zero-order valence-electron chi connectivity index (χ0n) is 33.8. The third-order valence-electron chi connectivity index (χ3n) is 15.2. The first-order valence-electron chi connectivity index (χ1n) is 21.9. The van der Waals surface area contributed by atoms with Gasteiger partial charge in [0.15, 0.2) is 0 Å². The van der Waals surface area contributed by atoms with Crippen molar-refractivity contribution in [3.63, 3.8) is 0 Å². The summed E-state index contributed by atoms with van der Waals surface area (Å²) in [5, 5.41) is 7.97. The van der Waals surface area contributed by atoms with Crippen molar-refractivity contribution in [2.75, 3.05) is 0 Å². The maximum atomic E-state index is 5.77. The van der Waals surface area contributed by atoms with Crippen molar-refractivity contribution in [1.82, 2.24) is 4.57 Å². The van der Waals surface area contributed by atoms with E-state index in [4.69, 9.17) is 4.99 Å². The Labute approximate surface area is 349 Å². The maximum absolute atomic E-state index is 5.77. The van der Waals surface area contributed by atoms with Gasteiger partial charge in [0.25, 0.3) is 0 Å². The van der Waals surface area contributed by atoms with Gasteiger partial charge in [0.1, 0.15) is 5.84 Å². The van der Waals surface area contributed by atoms with Crippen LogP contribution >= 0.6 is 0 Å². The number of allylic oxidation sites excluding steroid dienone is 3. The molecule has 14 rings (SSSR count). The average Bonchev–Trinajstić information content (AvgIpc) is 3.96. The highest BCUT2D eigenvalue weighted by Gasteiger charge is 2.43. The topological polar surface area (TPSA) is 17.3 Å². The lowest BCUT2D eigenvalue weighted by Gasteiger charge is -2.33. The van der Waals surface area contributed by atoms with Crippen LogP contribution in [-0.4, -0.2) is 10.4 Å². The maximum Gasteiger partial charge on any atom is 0.115 e. The van der Waals surface area contributed by atoms with Crippen LogP contribution in [0, 0.1) is 5.92 Å². The van der Waals surface area contributed by atoms with Crippen molar-refractivity contribution < 1.29 is 0 Å². The van der Waals surface area contributed by atoms with Crippen LogP contribution < -0.4 is 0 Å². The second kappa shape index (κ2) is 11.9. The molecule has 1 aromatic heterocycles. The van der Waals surface area contributed by atoms with E-state index >= 15 is 0 Å². The third kappa shape index (κ3) is 4.21. The van der Waals surface area contributed by atoms with Crippen molar-refractivity contribution >= 4 is 49.2 Å². The molecule has 2 heteroatoms. The highest BCUT2D eigenvalue weighted by molar-refractivity contribution is 6.33. The zero-order chi connectivity index (χ0) is 39.4. The Morgan fingerprint density at radius 2 is 1.35 bits per heavy atom. The number of hydrogen-bond donors (Lipinski definition) is 0. The summed E-state index contributed by atoms with van der Waals surface area (Å²) < 4.78 is 2.61. The molecule has 2 heterocycles. The van der Waals surface area contributed by atoms with Crippen LogP contribution in [0.5, 0.6) is 0 Å². The predicted octanol–water partition coefficient (Wildman–Crippen LogP) is 14.9. The molecular formula is C58H42N2. The van der Waals surface area contributed by atoms with E-state index < -0.39 is 0 Å². The first kappa shape index (κ1) is 33.1. The number of rotatable bonds is 1. The molecule has 0 saturated heterocycles. The van der Waals surface area contributed by atoms with Gasteiger partial charge in [-0.05, 0) is 125 Å². The van der Waals surface area contributed by atoms with Gasteiger partial charge in [-0.2, -0.15) is 0 Å². The molecule has 4 atom stereocenters. The molecule has 0 bridgehead atoms. The van der Waals surface area contributed by atoms with E-state index in [9.17, 15) is 0 Å². The van der Waals surface area contributed by atoms with Gasteiger partial charge >= 0.3 is 0 Å². The van der Waals surface area contributed by atoms with Gasteiger partial charge < -0.3 is 0 Å². The van der Waals surface area contributed by atoms with Gasteiger partial charge in [0, 0.05) is 34.4 Å². The molecule has 5 aliphatic rings. The SMILES string of the molecule is CC1CC=CC2=C1C(c1ccc3c(c1)Cc1ccccc1-3)CC(n1c3ccc4ccccc4c3c3c4c(c5ccccc5c31)[C@@H]1c3c(cccc3-4)-c3ccccc3C1C)=N2. The number of hydrogen-bond acceptors (Lipinski definition) is 1. The highest BCUT2D eigenvalue weighted by atomic mass is 15.1. The summed E-state index contributed by atoms with van der Waals surface area (Å²) in [4.78, 5) is 5.77. The lowest BCUT2D eigenvalue weighted by Crippen LogP contribution is -2.25. The fourth-order valence-electron chi connectivity index (χ4n) is 12.7. The number of benzene rings is 8. The van der Waals surface area contributed by atoms with Gasteiger partial charge in [0.05, 0.1) is 16.7 Å². The van der Waals surface area contributed by atoms with Crippen molar-refractivity contribution in [3.8, 4) is 33.4 Å². The van der Waals surface area contributed by atoms with E-state index in [1.165, 1.54) is 116 Å². The Kier molecular flexibility index (Phi) is 6.58. The van der Waals surface area contributed by atoms with Crippen LogP contribution in [0.25, 0.3) is 76.7 Å².